The third-order valence-electron chi connectivity index (χ3n) is 0.904. The lowest BCUT2D eigenvalue weighted by molar-refractivity contribution is 1.16. The number of hydrogen-bond donors (Lipinski definition) is 1. The minimum atomic E-state index is 0.542. The Kier molecular flexibility index (Phi) is 1.85. The molecule has 0 aliphatic rings. The van der Waals surface area contributed by atoms with Crippen molar-refractivity contribution >= 4 is 17.4 Å². The summed E-state index contributed by atoms with van der Waals surface area (Å²) in [5.74, 6) is 0.659. The number of nitrogens with zero attached hydrogens (tertiary/aromatic N) is 2. The van der Waals surface area contributed by atoms with Crippen LogP contribution in [0.3, 0.4) is 0 Å². The molecule has 0 unspecified atom stereocenters. The Bertz CT molecular complexity index is 201. The van der Waals surface area contributed by atoms with Crippen LogP contribution in [-0.4, -0.2) is 17.0 Å². The van der Waals surface area contributed by atoms with Gasteiger partial charge in [0, 0.05) is 7.05 Å². The minimum Gasteiger partial charge on any atom is -0.372 e. The van der Waals surface area contributed by atoms with Crippen LogP contribution in [0.2, 0.25) is 5.02 Å². The molecule has 0 aromatic carbocycles. The molecule has 0 aliphatic carbocycles. The molecule has 0 atom stereocenters. The lowest BCUT2D eigenvalue weighted by Crippen LogP contribution is -1.92. The van der Waals surface area contributed by atoms with Crippen molar-refractivity contribution in [2.24, 2.45) is 0 Å². The van der Waals surface area contributed by atoms with Gasteiger partial charge >= 0.3 is 0 Å². The maximum atomic E-state index is 5.64. The number of aromatic nitrogens is 2. The Labute approximate surface area is 58.1 Å². The molecule has 0 amide bonds. The predicted molar refractivity (Wildman–Crippen MR) is 36.6 cm³/mol. The fourth-order valence-corrected chi connectivity index (χ4v) is 0.696. The fourth-order valence-electron chi connectivity index (χ4n) is 0.497. The Balaban J connectivity index is 3.01. The van der Waals surface area contributed by atoms with Gasteiger partial charge in [0.2, 0.25) is 0 Å². The molecule has 0 saturated carbocycles. The molecule has 1 aromatic heterocycles. The zero-order chi connectivity index (χ0) is 6.69. The summed E-state index contributed by atoms with van der Waals surface area (Å²) < 4.78 is 0. The lowest BCUT2D eigenvalue weighted by Gasteiger charge is -1.97. The summed E-state index contributed by atoms with van der Waals surface area (Å²) in [4.78, 5) is 7.55. The van der Waals surface area contributed by atoms with E-state index in [4.69, 9.17) is 11.6 Å². The highest BCUT2D eigenvalue weighted by molar-refractivity contribution is 6.32. The molecule has 1 heterocycles. The molecule has 0 radical (unpaired) electrons. The highest BCUT2D eigenvalue weighted by atomic mass is 35.5. The van der Waals surface area contributed by atoms with Crippen LogP contribution in [0.4, 0.5) is 5.82 Å². The fraction of sp³-hybridized carbons (Fsp3) is 0.200. The second-order valence-corrected chi connectivity index (χ2v) is 1.88. The van der Waals surface area contributed by atoms with Crippen molar-refractivity contribution in [1.29, 1.82) is 0 Å². The van der Waals surface area contributed by atoms with E-state index in [0.717, 1.165) is 0 Å². The summed E-state index contributed by atoms with van der Waals surface area (Å²) in [7, 11) is 1.76. The number of nitrogens with one attached hydrogen (secondary N) is 1. The van der Waals surface area contributed by atoms with Gasteiger partial charge in [-0.05, 0) is 0 Å². The molecule has 0 spiro atoms. The van der Waals surface area contributed by atoms with Gasteiger partial charge < -0.3 is 5.32 Å². The highest BCUT2D eigenvalue weighted by Crippen LogP contribution is 2.14. The first kappa shape index (κ1) is 6.29. The van der Waals surface area contributed by atoms with Crippen LogP contribution in [0.1, 0.15) is 0 Å². The molecule has 3 nitrogen and oxygen atoms in total. The quantitative estimate of drug-likeness (QED) is 0.642. The van der Waals surface area contributed by atoms with E-state index in [-0.39, 0.29) is 0 Å². The van der Waals surface area contributed by atoms with Crippen molar-refractivity contribution in [3.8, 4) is 0 Å². The monoisotopic (exact) mass is 143 g/mol. The van der Waals surface area contributed by atoms with E-state index in [1.165, 1.54) is 6.33 Å². The SMILES string of the molecule is CNc1ncncc1Cl. The Morgan fingerprint density at radius 1 is 1.67 bits per heavy atom. The number of anilines is 1. The molecular formula is C5H6ClN3. The average molecular weight is 144 g/mol. The summed E-state index contributed by atoms with van der Waals surface area (Å²) in [6.45, 7) is 0. The van der Waals surface area contributed by atoms with Gasteiger partial charge in [-0.1, -0.05) is 11.6 Å². The van der Waals surface area contributed by atoms with E-state index < -0.39 is 0 Å². The second kappa shape index (κ2) is 2.64. The van der Waals surface area contributed by atoms with Gasteiger partial charge in [0.05, 0.1) is 6.20 Å². The summed E-state index contributed by atoms with van der Waals surface area (Å²) in [5.41, 5.74) is 0. The Morgan fingerprint density at radius 3 is 2.89 bits per heavy atom. The smallest absolute Gasteiger partial charge is 0.147 e. The zero-order valence-electron chi connectivity index (χ0n) is 4.93. The predicted octanol–water partition coefficient (Wildman–Crippen LogP) is 1.17. The highest BCUT2D eigenvalue weighted by Gasteiger charge is 1.94. The molecule has 0 saturated heterocycles. The van der Waals surface area contributed by atoms with Crippen LogP contribution in [0.25, 0.3) is 0 Å². The topological polar surface area (TPSA) is 37.8 Å². The van der Waals surface area contributed by atoms with Crippen molar-refractivity contribution in [2.75, 3.05) is 12.4 Å². The van der Waals surface area contributed by atoms with E-state index >= 15 is 0 Å². The number of rotatable bonds is 1. The maximum absolute atomic E-state index is 5.64. The molecule has 1 aromatic rings. The number of halogens is 1. The largest absolute Gasteiger partial charge is 0.372 e. The first-order chi connectivity index (χ1) is 4.34. The van der Waals surface area contributed by atoms with Crippen LogP contribution in [0.15, 0.2) is 12.5 Å². The van der Waals surface area contributed by atoms with Crippen LogP contribution in [0, 0.1) is 0 Å². The summed E-state index contributed by atoms with van der Waals surface area (Å²) in [6, 6.07) is 0. The summed E-state index contributed by atoms with van der Waals surface area (Å²) in [6.07, 6.45) is 2.98. The summed E-state index contributed by atoms with van der Waals surface area (Å²) >= 11 is 5.64. The van der Waals surface area contributed by atoms with Crippen molar-refractivity contribution in [3.63, 3.8) is 0 Å². The van der Waals surface area contributed by atoms with E-state index in [1.54, 1.807) is 13.2 Å². The van der Waals surface area contributed by atoms with Gasteiger partial charge in [-0.25, -0.2) is 9.97 Å². The average Bonchev–Trinajstić information content (AvgIpc) is 1.89. The van der Waals surface area contributed by atoms with E-state index in [1.807, 2.05) is 0 Å². The van der Waals surface area contributed by atoms with Gasteiger partial charge in [-0.15, -0.1) is 0 Å². The first-order valence-electron chi connectivity index (χ1n) is 2.48. The van der Waals surface area contributed by atoms with Gasteiger partial charge in [-0.2, -0.15) is 0 Å². The Morgan fingerprint density at radius 2 is 2.44 bits per heavy atom. The van der Waals surface area contributed by atoms with Crippen molar-refractivity contribution in [3.05, 3.63) is 17.5 Å². The van der Waals surface area contributed by atoms with Gasteiger partial charge in [0.1, 0.15) is 17.2 Å². The molecule has 1 N–H and O–H groups in total. The van der Waals surface area contributed by atoms with Crippen molar-refractivity contribution in [1.82, 2.24) is 9.97 Å². The number of hydrogen-bond acceptors (Lipinski definition) is 3. The van der Waals surface area contributed by atoms with Gasteiger partial charge in [0.25, 0.3) is 0 Å². The van der Waals surface area contributed by atoms with Gasteiger partial charge in [0.15, 0.2) is 0 Å². The van der Waals surface area contributed by atoms with Crippen LogP contribution < -0.4 is 5.32 Å². The van der Waals surface area contributed by atoms with Crippen molar-refractivity contribution in [2.45, 2.75) is 0 Å². The molecule has 1 rings (SSSR count). The van der Waals surface area contributed by atoms with E-state index in [0.29, 0.717) is 10.8 Å². The normalized spacial score (nSPS) is 9.11. The minimum absolute atomic E-state index is 0.542. The Hall–Kier alpha value is -0.830. The first-order valence-corrected chi connectivity index (χ1v) is 2.85. The molecule has 9 heavy (non-hydrogen) atoms. The van der Waals surface area contributed by atoms with Crippen molar-refractivity contribution < 1.29 is 0 Å². The summed E-state index contributed by atoms with van der Waals surface area (Å²) in [5, 5.41) is 3.35. The molecule has 0 bridgehead atoms. The van der Waals surface area contributed by atoms with Gasteiger partial charge in [-0.3, -0.25) is 0 Å². The van der Waals surface area contributed by atoms with E-state index in [9.17, 15) is 0 Å². The second-order valence-electron chi connectivity index (χ2n) is 1.47. The maximum Gasteiger partial charge on any atom is 0.147 e. The molecule has 4 heteroatoms. The molecule has 0 aliphatic heterocycles. The standard InChI is InChI=1S/C5H6ClN3/c1-7-5-4(6)2-8-3-9-5/h2-3H,1H3,(H,7,8,9). The third kappa shape index (κ3) is 1.29. The van der Waals surface area contributed by atoms with Crippen LogP contribution in [0.5, 0.6) is 0 Å². The lowest BCUT2D eigenvalue weighted by atomic mass is 10.6. The third-order valence-corrected chi connectivity index (χ3v) is 1.18. The van der Waals surface area contributed by atoms with E-state index in [2.05, 4.69) is 15.3 Å². The zero-order valence-corrected chi connectivity index (χ0v) is 5.68. The molecule has 48 valence electrons. The van der Waals surface area contributed by atoms with Crippen LogP contribution >= 0.6 is 11.6 Å². The molecule has 0 fully saturated rings. The molecular weight excluding hydrogens is 138 g/mol. The van der Waals surface area contributed by atoms with Crippen LogP contribution in [-0.2, 0) is 0 Å².